The summed E-state index contributed by atoms with van der Waals surface area (Å²) >= 11 is 0. The third kappa shape index (κ3) is 2.99. The number of carbonyl (C=O) groups is 1. The van der Waals surface area contributed by atoms with E-state index in [0.717, 1.165) is 16.8 Å². The van der Waals surface area contributed by atoms with Gasteiger partial charge in [-0.05, 0) is 23.0 Å². The standard InChI is InChI=1S/C17H26N2O2/c1-16(2,3)12-9-11(19-8-7-18-15(19)21)10-13(14(12)20)17(4,5)6/h9-10,20H,7-8H2,1-6H3,(H,18,21). The van der Waals surface area contributed by atoms with Crippen LogP contribution in [0.25, 0.3) is 0 Å². The van der Waals surface area contributed by atoms with E-state index in [2.05, 4.69) is 46.9 Å². The van der Waals surface area contributed by atoms with Crippen LogP contribution >= 0.6 is 0 Å². The quantitative estimate of drug-likeness (QED) is 0.831. The minimum atomic E-state index is -0.184. The minimum Gasteiger partial charge on any atom is -0.507 e. The van der Waals surface area contributed by atoms with Gasteiger partial charge in [-0.25, -0.2) is 4.79 Å². The fourth-order valence-electron chi connectivity index (χ4n) is 2.64. The summed E-state index contributed by atoms with van der Waals surface area (Å²) in [5.41, 5.74) is 2.25. The van der Waals surface area contributed by atoms with Crippen molar-refractivity contribution in [3.05, 3.63) is 23.3 Å². The Hall–Kier alpha value is -1.71. The number of nitrogens with zero attached hydrogens (tertiary/aromatic N) is 1. The summed E-state index contributed by atoms with van der Waals surface area (Å²) in [4.78, 5) is 13.7. The van der Waals surface area contributed by atoms with Crippen LogP contribution in [0.2, 0.25) is 0 Å². The molecule has 0 atom stereocenters. The maximum atomic E-state index is 11.9. The lowest BCUT2D eigenvalue weighted by molar-refractivity contribution is 0.252. The minimum absolute atomic E-state index is 0.0691. The first kappa shape index (κ1) is 15.7. The lowest BCUT2D eigenvalue weighted by atomic mass is 9.79. The molecule has 1 saturated heterocycles. The summed E-state index contributed by atoms with van der Waals surface area (Å²) in [6.07, 6.45) is 0. The molecule has 4 nitrogen and oxygen atoms in total. The molecule has 0 radical (unpaired) electrons. The Morgan fingerprint density at radius 3 is 1.86 bits per heavy atom. The predicted molar refractivity (Wildman–Crippen MR) is 86.3 cm³/mol. The Morgan fingerprint density at radius 2 is 1.52 bits per heavy atom. The van der Waals surface area contributed by atoms with Gasteiger partial charge in [-0.2, -0.15) is 0 Å². The van der Waals surface area contributed by atoms with Gasteiger partial charge in [-0.15, -0.1) is 0 Å². The van der Waals surface area contributed by atoms with Crippen LogP contribution in [0.15, 0.2) is 12.1 Å². The van der Waals surface area contributed by atoms with E-state index < -0.39 is 0 Å². The number of rotatable bonds is 1. The Labute approximate surface area is 127 Å². The number of aromatic hydroxyl groups is 1. The van der Waals surface area contributed by atoms with E-state index in [-0.39, 0.29) is 16.9 Å². The van der Waals surface area contributed by atoms with E-state index in [1.54, 1.807) is 4.90 Å². The molecule has 0 unspecified atom stereocenters. The number of hydrogen-bond acceptors (Lipinski definition) is 2. The average Bonchev–Trinajstić information content (AvgIpc) is 2.72. The van der Waals surface area contributed by atoms with Crippen molar-refractivity contribution in [2.45, 2.75) is 52.4 Å². The van der Waals surface area contributed by atoms with Crippen molar-refractivity contribution < 1.29 is 9.90 Å². The molecular weight excluding hydrogens is 264 g/mol. The summed E-state index contributed by atoms with van der Waals surface area (Å²) in [6.45, 7) is 13.8. The largest absolute Gasteiger partial charge is 0.507 e. The Bertz CT molecular complexity index is 530. The van der Waals surface area contributed by atoms with Crippen molar-refractivity contribution in [1.82, 2.24) is 5.32 Å². The van der Waals surface area contributed by atoms with Gasteiger partial charge < -0.3 is 10.4 Å². The Morgan fingerprint density at radius 1 is 1.05 bits per heavy atom. The molecule has 116 valence electrons. The number of nitrogens with one attached hydrogen (secondary N) is 1. The van der Waals surface area contributed by atoms with Crippen LogP contribution in [0.3, 0.4) is 0 Å². The van der Waals surface area contributed by atoms with Crippen molar-refractivity contribution in [2.75, 3.05) is 18.0 Å². The molecule has 0 saturated carbocycles. The lowest BCUT2D eigenvalue weighted by Gasteiger charge is -2.29. The van der Waals surface area contributed by atoms with Gasteiger partial charge in [0.25, 0.3) is 0 Å². The molecule has 1 heterocycles. The van der Waals surface area contributed by atoms with Crippen LogP contribution < -0.4 is 10.2 Å². The average molecular weight is 290 g/mol. The molecule has 0 bridgehead atoms. The molecule has 21 heavy (non-hydrogen) atoms. The molecule has 1 fully saturated rings. The Kier molecular flexibility index (Phi) is 3.68. The van der Waals surface area contributed by atoms with Crippen molar-refractivity contribution in [1.29, 1.82) is 0 Å². The second kappa shape index (κ2) is 4.93. The first-order valence-corrected chi connectivity index (χ1v) is 7.45. The summed E-state index contributed by atoms with van der Waals surface area (Å²) in [5.74, 6) is 0.346. The highest BCUT2D eigenvalue weighted by Crippen LogP contribution is 2.41. The summed E-state index contributed by atoms with van der Waals surface area (Å²) in [6, 6.07) is 3.81. The highest BCUT2D eigenvalue weighted by molar-refractivity contribution is 5.94. The zero-order chi connectivity index (χ0) is 16.0. The van der Waals surface area contributed by atoms with Crippen LogP contribution in [0.4, 0.5) is 10.5 Å². The molecule has 2 rings (SSSR count). The number of urea groups is 1. The van der Waals surface area contributed by atoms with Gasteiger partial charge in [0.2, 0.25) is 0 Å². The van der Waals surface area contributed by atoms with Crippen LogP contribution in [0.5, 0.6) is 5.75 Å². The SMILES string of the molecule is CC(C)(C)c1cc(N2CCNC2=O)cc(C(C)(C)C)c1O. The summed E-state index contributed by atoms with van der Waals surface area (Å²) in [5, 5.41) is 13.5. The molecule has 1 aromatic rings. The molecule has 1 aliphatic heterocycles. The first-order chi connectivity index (χ1) is 9.51. The van der Waals surface area contributed by atoms with E-state index in [1.807, 2.05) is 12.1 Å². The van der Waals surface area contributed by atoms with E-state index in [4.69, 9.17) is 0 Å². The zero-order valence-electron chi connectivity index (χ0n) is 13.9. The van der Waals surface area contributed by atoms with Gasteiger partial charge in [0, 0.05) is 29.9 Å². The predicted octanol–water partition coefficient (Wildman–Crippen LogP) is 3.52. The molecule has 0 aromatic heterocycles. The number of phenolic OH excluding ortho intramolecular Hbond substituents is 1. The second-order valence-electron chi connectivity index (χ2n) is 7.77. The molecular formula is C17H26N2O2. The van der Waals surface area contributed by atoms with Gasteiger partial charge in [-0.3, -0.25) is 4.90 Å². The van der Waals surface area contributed by atoms with Gasteiger partial charge >= 0.3 is 6.03 Å². The van der Waals surface area contributed by atoms with Crippen molar-refractivity contribution >= 4 is 11.7 Å². The lowest BCUT2D eigenvalue weighted by Crippen LogP contribution is -2.29. The molecule has 4 heteroatoms. The maximum Gasteiger partial charge on any atom is 0.321 e. The van der Waals surface area contributed by atoms with Crippen LogP contribution in [-0.4, -0.2) is 24.2 Å². The van der Waals surface area contributed by atoms with Gasteiger partial charge in [0.1, 0.15) is 5.75 Å². The Balaban J connectivity index is 2.65. The molecule has 2 N–H and O–H groups in total. The van der Waals surface area contributed by atoms with Gasteiger partial charge in [0.15, 0.2) is 0 Å². The smallest absolute Gasteiger partial charge is 0.321 e. The van der Waals surface area contributed by atoms with Gasteiger partial charge in [-0.1, -0.05) is 41.5 Å². The number of anilines is 1. The zero-order valence-corrected chi connectivity index (χ0v) is 13.9. The molecule has 1 aromatic carbocycles. The first-order valence-electron chi connectivity index (χ1n) is 7.45. The van der Waals surface area contributed by atoms with Crippen molar-refractivity contribution in [3.63, 3.8) is 0 Å². The normalized spacial score (nSPS) is 16.3. The van der Waals surface area contributed by atoms with E-state index in [1.165, 1.54) is 0 Å². The maximum absolute atomic E-state index is 11.9. The van der Waals surface area contributed by atoms with E-state index >= 15 is 0 Å². The number of amides is 2. The highest BCUT2D eigenvalue weighted by atomic mass is 16.3. The van der Waals surface area contributed by atoms with Crippen molar-refractivity contribution in [3.8, 4) is 5.75 Å². The van der Waals surface area contributed by atoms with Crippen molar-refractivity contribution in [2.24, 2.45) is 0 Å². The van der Waals surface area contributed by atoms with Crippen LogP contribution in [0, 0.1) is 0 Å². The molecule has 0 aliphatic carbocycles. The summed E-state index contributed by atoms with van der Waals surface area (Å²) in [7, 11) is 0. The molecule has 1 aliphatic rings. The fraction of sp³-hybridized carbons (Fsp3) is 0.588. The molecule has 0 spiro atoms. The number of phenols is 1. The number of carbonyl (C=O) groups excluding carboxylic acids is 1. The summed E-state index contributed by atoms with van der Waals surface area (Å²) < 4.78 is 0. The van der Waals surface area contributed by atoms with Crippen LogP contribution in [-0.2, 0) is 10.8 Å². The van der Waals surface area contributed by atoms with E-state index in [9.17, 15) is 9.90 Å². The third-order valence-electron chi connectivity index (χ3n) is 3.88. The fourth-order valence-corrected chi connectivity index (χ4v) is 2.64. The number of benzene rings is 1. The molecule has 2 amide bonds. The second-order valence-corrected chi connectivity index (χ2v) is 7.77. The highest BCUT2D eigenvalue weighted by Gasteiger charge is 2.29. The van der Waals surface area contributed by atoms with Gasteiger partial charge in [0.05, 0.1) is 0 Å². The topological polar surface area (TPSA) is 52.6 Å². The third-order valence-corrected chi connectivity index (χ3v) is 3.88. The van der Waals surface area contributed by atoms with E-state index in [0.29, 0.717) is 18.8 Å². The van der Waals surface area contributed by atoms with Crippen LogP contribution in [0.1, 0.15) is 52.7 Å². The monoisotopic (exact) mass is 290 g/mol. The number of hydrogen-bond donors (Lipinski definition) is 2.